The van der Waals surface area contributed by atoms with Crippen molar-refractivity contribution in [1.82, 2.24) is 34.2 Å². The van der Waals surface area contributed by atoms with Crippen molar-refractivity contribution in [3.8, 4) is 17.2 Å². The van der Waals surface area contributed by atoms with Crippen LogP contribution in [0, 0.1) is 11.3 Å². The summed E-state index contributed by atoms with van der Waals surface area (Å²) in [4.78, 5) is 78.7. The van der Waals surface area contributed by atoms with Gasteiger partial charge in [-0.1, -0.05) is 51.1 Å². The molecular formula is C56H76N8O12. The monoisotopic (exact) mass is 1050 g/mol. The number of hydrogen-bond donors (Lipinski definition) is 4. The van der Waals surface area contributed by atoms with Crippen molar-refractivity contribution < 1.29 is 52.7 Å². The van der Waals surface area contributed by atoms with E-state index in [0.717, 1.165) is 32.1 Å². The molecule has 0 bridgehead atoms. The Balaban J connectivity index is 0.800. The third-order valence-corrected chi connectivity index (χ3v) is 13.4. The molecular weight excluding hydrogens is 977 g/mol. The summed E-state index contributed by atoms with van der Waals surface area (Å²) < 4.78 is 37.3. The zero-order valence-corrected chi connectivity index (χ0v) is 45.2. The molecule has 2 aromatic heterocycles. The number of H-pyrrole nitrogens is 1. The number of rotatable bonds is 28. The van der Waals surface area contributed by atoms with Crippen molar-refractivity contribution in [2.24, 2.45) is 25.4 Å². The average molecular weight is 1050 g/mol. The summed E-state index contributed by atoms with van der Waals surface area (Å²) in [5.41, 5.74) is 2.65. The first-order chi connectivity index (χ1) is 36.4. The Morgan fingerprint density at radius 3 is 2.24 bits per heavy atom. The predicted molar refractivity (Wildman–Crippen MR) is 286 cm³/mol. The lowest BCUT2D eigenvalue weighted by Gasteiger charge is -2.35. The van der Waals surface area contributed by atoms with E-state index in [0.29, 0.717) is 58.8 Å². The number of nitrogens with zero attached hydrogens (tertiary/aromatic N) is 5. The van der Waals surface area contributed by atoms with E-state index in [1.165, 1.54) is 21.8 Å². The SMILES string of the molecule is COc1cc(OCCOCCOCCOCC(=O)N[C@H](C(=O)N2C[C@H](O)C[C@H]2c2nc(C(=O)N(CCCCc3ccccc3)CC3CC3)c[nH]2)C(C)(C)C)ccc1C(=O)Nc1cc2c(cc1OC(C)C)n(C)c(=O)n2C. The number of aromatic amines is 1. The molecule has 0 radical (unpaired) electrons. The van der Waals surface area contributed by atoms with Gasteiger partial charge in [-0.25, -0.2) is 9.78 Å². The maximum absolute atomic E-state index is 14.3. The number of carbonyl (C=O) groups is 4. The normalized spacial score (nSPS) is 16.0. The Bertz CT molecular complexity index is 2810. The second-order valence-corrected chi connectivity index (χ2v) is 20.9. The zero-order chi connectivity index (χ0) is 54.5. The van der Waals surface area contributed by atoms with E-state index in [1.807, 2.05) is 57.7 Å². The molecule has 412 valence electrons. The highest BCUT2D eigenvalue weighted by atomic mass is 16.6. The highest BCUT2D eigenvalue weighted by Gasteiger charge is 2.44. The van der Waals surface area contributed by atoms with Crippen molar-refractivity contribution in [3.63, 3.8) is 0 Å². The number of aliphatic hydroxyl groups excluding tert-OH is 1. The van der Waals surface area contributed by atoms with Crippen LogP contribution in [0.2, 0.25) is 0 Å². The molecule has 2 aliphatic rings. The fourth-order valence-electron chi connectivity index (χ4n) is 9.21. The molecule has 1 aliphatic heterocycles. The Kier molecular flexibility index (Phi) is 19.8. The maximum Gasteiger partial charge on any atom is 0.328 e. The minimum atomic E-state index is -0.941. The second-order valence-electron chi connectivity index (χ2n) is 20.9. The van der Waals surface area contributed by atoms with E-state index in [1.54, 1.807) is 55.5 Å². The molecule has 7 rings (SSSR count). The number of likely N-dealkylation sites (tertiary alicyclic amines) is 1. The quantitative estimate of drug-likeness (QED) is 0.0434. The third kappa shape index (κ3) is 15.2. The highest BCUT2D eigenvalue weighted by molar-refractivity contribution is 6.08. The lowest BCUT2D eigenvalue weighted by Crippen LogP contribution is -2.55. The molecule has 3 atom stereocenters. The van der Waals surface area contributed by atoms with E-state index in [9.17, 15) is 29.1 Å². The van der Waals surface area contributed by atoms with Gasteiger partial charge in [0.05, 0.1) is 80.7 Å². The van der Waals surface area contributed by atoms with Crippen LogP contribution in [0.25, 0.3) is 11.0 Å². The van der Waals surface area contributed by atoms with Crippen molar-refractivity contribution >= 4 is 40.3 Å². The fourth-order valence-corrected chi connectivity index (χ4v) is 9.21. The number of nitrogens with one attached hydrogen (secondary N) is 3. The van der Waals surface area contributed by atoms with Crippen LogP contribution in [-0.2, 0) is 44.3 Å². The lowest BCUT2D eigenvalue weighted by molar-refractivity contribution is -0.141. The number of ether oxygens (including phenoxy) is 6. The molecule has 2 fully saturated rings. The van der Waals surface area contributed by atoms with Crippen molar-refractivity contribution in [2.75, 3.05) is 78.3 Å². The number of unbranched alkanes of at least 4 members (excludes halogenated alkanes) is 1. The number of aryl methyl sites for hydroxylation is 3. The molecule has 1 aliphatic carbocycles. The van der Waals surface area contributed by atoms with Gasteiger partial charge in [-0.05, 0) is 81.0 Å². The number of methoxy groups -OCH3 is 1. The van der Waals surface area contributed by atoms with Crippen LogP contribution in [-0.4, -0.2) is 149 Å². The van der Waals surface area contributed by atoms with Gasteiger partial charge in [0.2, 0.25) is 11.8 Å². The smallest absolute Gasteiger partial charge is 0.328 e. The summed E-state index contributed by atoms with van der Waals surface area (Å²) in [6.45, 7) is 11.8. The lowest BCUT2D eigenvalue weighted by atomic mass is 9.85. The number of β-amino-alcohol motifs (C(OH)–C–C–N with tert-alkyl or cyclic N) is 1. The standard InChI is InChI=1S/C56H76N8O12/c1-36(2)76-48-31-45-44(61(6)55(70)62(45)7)30-42(48)59-52(67)41-20-19-40(29-47(41)71-8)75-27-26-73-23-22-72-24-25-74-35-49(66)60-50(56(3,4)5)54(69)64-34-39(65)28-46(64)51-57-32-43(58-51)53(68)63(33-38-17-18-38)21-13-12-16-37-14-10-9-11-15-37/h9-11,14-15,19-20,29-32,36,38-39,46,50,65H,12-13,16-18,21-28,33-35H2,1-8H3,(H,57,58)(H,59,67)(H,60,66)/t39-,46+,50-/m1/s1. The Morgan fingerprint density at radius 2 is 1.57 bits per heavy atom. The number of imidazole rings is 2. The molecule has 20 nitrogen and oxygen atoms in total. The molecule has 0 unspecified atom stereocenters. The van der Waals surface area contributed by atoms with Gasteiger partial charge in [0.25, 0.3) is 11.8 Å². The number of aliphatic hydroxyl groups is 1. The maximum atomic E-state index is 14.3. The van der Waals surface area contributed by atoms with Crippen LogP contribution in [0.5, 0.6) is 17.2 Å². The van der Waals surface area contributed by atoms with Gasteiger partial charge in [0.15, 0.2) is 0 Å². The van der Waals surface area contributed by atoms with E-state index in [4.69, 9.17) is 33.4 Å². The first kappa shape index (κ1) is 57.0. The Hall–Kier alpha value is -6.74. The second kappa shape index (κ2) is 26.3. The van der Waals surface area contributed by atoms with Crippen LogP contribution >= 0.6 is 0 Å². The minimum Gasteiger partial charge on any atom is -0.496 e. The van der Waals surface area contributed by atoms with Gasteiger partial charge < -0.3 is 58.9 Å². The number of fused-ring (bicyclic) bond motifs is 1. The van der Waals surface area contributed by atoms with Gasteiger partial charge in [-0.2, -0.15) is 0 Å². The van der Waals surface area contributed by atoms with Crippen LogP contribution in [0.15, 0.2) is 71.7 Å². The van der Waals surface area contributed by atoms with E-state index in [-0.39, 0.29) is 94.1 Å². The topological polar surface area (TPSA) is 230 Å². The molecule has 4 N–H and O–H groups in total. The molecule has 0 spiro atoms. The van der Waals surface area contributed by atoms with E-state index in [2.05, 4.69) is 27.8 Å². The number of amides is 4. The van der Waals surface area contributed by atoms with E-state index < -0.39 is 35.4 Å². The highest BCUT2D eigenvalue weighted by Crippen LogP contribution is 2.36. The Labute approximate surface area is 444 Å². The molecule has 1 saturated heterocycles. The van der Waals surface area contributed by atoms with Gasteiger partial charge in [0.1, 0.15) is 48.0 Å². The summed E-state index contributed by atoms with van der Waals surface area (Å²) >= 11 is 0. The van der Waals surface area contributed by atoms with Crippen LogP contribution in [0.1, 0.15) is 105 Å². The van der Waals surface area contributed by atoms with Crippen LogP contribution in [0.4, 0.5) is 5.69 Å². The molecule has 76 heavy (non-hydrogen) atoms. The molecule has 20 heteroatoms. The third-order valence-electron chi connectivity index (χ3n) is 13.4. The summed E-state index contributed by atoms with van der Waals surface area (Å²) in [6, 6.07) is 17.1. The van der Waals surface area contributed by atoms with Crippen LogP contribution in [0.3, 0.4) is 0 Å². The van der Waals surface area contributed by atoms with Gasteiger partial charge in [-0.15, -0.1) is 0 Å². The summed E-state index contributed by atoms with van der Waals surface area (Å²) in [5, 5.41) is 16.6. The molecule has 3 aromatic carbocycles. The number of anilines is 1. The van der Waals surface area contributed by atoms with E-state index >= 15 is 0 Å². The van der Waals surface area contributed by atoms with Gasteiger partial charge in [0, 0.05) is 58.5 Å². The molecule has 1 saturated carbocycles. The number of hydrogen-bond acceptors (Lipinski definition) is 13. The number of carbonyl (C=O) groups excluding carboxylic acids is 4. The first-order valence-corrected chi connectivity index (χ1v) is 26.3. The largest absolute Gasteiger partial charge is 0.496 e. The van der Waals surface area contributed by atoms with Crippen molar-refractivity contribution in [2.45, 2.75) is 97.4 Å². The summed E-state index contributed by atoms with van der Waals surface area (Å²) in [7, 11) is 4.81. The fraction of sp³-hybridized carbons (Fsp3) is 0.536. The molecule has 4 amide bonds. The predicted octanol–water partition coefficient (Wildman–Crippen LogP) is 5.82. The summed E-state index contributed by atoms with van der Waals surface area (Å²) in [6.07, 6.45) is 5.84. The number of aromatic nitrogens is 4. The average Bonchev–Trinajstić information content (AvgIpc) is 3.85. The van der Waals surface area contributed by atoms with Crippen molar-refractivity contribution in [3.05, 3.63) is 100.0 Å². The first-order valence-electron chi connectivity index (χ1n) is 26.3. The van der Waals surface area contributed by atoms with Gasteiger partial charge >= 0.3 is 5.69 Å². The number of benzene rings is 3. The molecule has 5 aromatic rings. The van der Waals surface area contributed by atoms with Gasteiger partial charge in [-0.3, -0.25) is 28.3 Å². The van der Waals surface area contributed by atoms with Crippen LogP contribution < -0.4 is 30.5 Å². The molecule has 3 heterocycles. The summed E-state index contributed by atoms with van der Waals surface area (Å²) in [5.74, 6) is 0.684. The van der Waals surface area contributed by atoms with Crippen molar-refractivity contribution in [1.29, 1.82) is 0 Å². The minimum absolute atomic E-state index is 0.0536. The zero-order valence-electron chi connectivity index (χ0n) is 45.2. The Morgan fingerprint density at radius 1 is 0.882 bits per heavy atom.